The van der Waals surface area contributed by atoms with Crippen LogP contribution in [0.15, 0.2) is 11.7 Å². The molecular weight excluding hydrogens is 254 g/mol. The van der Waals surface area contributed by atoms with Gasteiger partial charge in [-0.3, -0.25) is 0 Å². The summed E-state index contributed by atoms with van der Waals surface area (Å²) in [5.74, 6) is 1.68. The summed E-state index contributed by atoms with van der Waals surface area (Å²) in [6, 6.07) is 0. The van der Waals surface area contributed by atoms with Crippen molar-refractivity contribution in [3.05, 3.63) is 17.3 Å². The summed E-state index contributed by atoms with van der Waals surface area (Å²) in [4.78, 5) is 8.65. The van der Waals surface area contributed by atoms with Crippen molar-refractivity contribution in [2.24, 2.45) is 5.41 Å². The standard InChI is InChI=1S/C12H14ClN3S/c1-8-4-17-10-9(8)15-7-16-11(10)14-6-12(5-13)2-3-12/h4,7H,2-3,5-6H2,1H3,(H,14,15,16). The molecular formula is C12H14ClN3S. The van der Waals surface area contributed by atoms with Gasteiger partial charge in [0, 0.05) is 17.8 Å². The highest BCUT2D eigenvalue weighted by Gasteiger charge is 2.41. The first-order chi connectivity index (χ1) is 8.24. The van der Waals surface area contributed by atoms with Crippen molar-refractivity contribution in [1.29, 1.82) is 0 Å². The molecule has 1 N–H and O–H groups in total. The number of nitrogens with zero attached hydrogens (tertiary/aromatic N) is 2. The highest BCUT2D eigenvalue weighted by Crippen LogP contribution is 2.46. The van der Waals surface area contributed by atoms with Gasteiger partial charge in [0.2, 0.25) is 0 Å². The molecule has 0 aromatic carbocycles. The van der Waals surface area contributed by atoms with Crippen LogP contribution in [0.1, 0.15) is 18.4 Å². The molecule has 0 spiro atoms. The minimum Gasteiger partial charge on any atom is -0.368 e. The Labute approximate surface area is 109 Å². The number of hydrogen-bond acceptors (Lipinski definition) is 4. The van der Waals surface area contributed by atoms with Crippen LogP contribution in [-0.4, -0.2) is 22.4 Å². The van der Waals surface area contributed by atoms with Crippen LogP contribution in [0.25, 0.3) is 10.2 Å². The van der Waals surface area contributed by atoms with Crippen LogP contribution in [0, 0.1) is 12.3 Å². The van der Waals surface area contributed by atoms with Gasteiger partial charge in [-0.05, 0) is 30.7 Å². The predicted molar refractivity (Wildman–Crippen MR) is 73.0 cm³/mol. The molecule has 1 aliphatic carbocycles. The summed E-state index contributed by atoms with van der Waals surface area (Å²) < 4.78 is 1.15. The molecule has 2 aromatic rings. The molecule has 1 saturated carbocycles. The molecule has 90 valence electrons. The number of hydrogen-bond donors (Lipinski definition) is 1. The SMILES string of the molecule is Cc1csc2c(NCC3(CCl)CC3)ncnc12. The average molecular weight is 268 g/mol. The van der Waals surface area contributed by atoms with Gasteiger partial charge in [0.15, 0.2) is 0 Å². The van der Waals surface area contributed by atoms with E-state index in [0.29, 0.717) is 5.41 Å². The molecule has 17 heavy (non-hydrogen) atoms. The van der Waals surface area contributed by atoms with Crippen LogP contribution in [0.3, 0.4) is 0 Å². The van der Waals surface area contributed by atoms with Crippen LogP contribution in [0.2, 0.25) is 0 Å². The Bertz CT molecular complexity index is 548. The summed E-state index contributed by atoms with van der Waals surface area (Å²) in [6.07, 6.45) is 4.08. The van der Waals surface area contributed by atoms with Crippen LogP contribution in [0.4, 0.5) is 5.82 Å². The summed E-state index contributed by atoms with van der Waals surface area (Å²) in [7, 11) is 0. The second kappa shape index (κ2) is 4.10. The van der Waals surface area contributed by atoms with Gasteiger partial charge in [0.25, 0.3) is 0 Å². The summed E-state index contributed by atoms with van der Waals surface area (Å²) in [6.45, 7) is 3.00. The van der Waals surface area contributed by atoms with E-state index >= 15 is 0 Å². The maximum Gasteiger partial charge on any atom is 0.147 e. The average Bonchev–Trinajstić information content (AvgIpc) is 3.05. The molecule has 5 heteroatoms. The highest BCUT2D eigenvalue weighted by atomic mass is 35.5. The topological polar surface area (TPSA) is 37.8 Å². The fourth-order valence-electron chi connectivity index (χ4n) is 1.90. The number of halogens is 1. The lowest BCUT2D eigenvalue weighted by molar-refractivity contribution is 0.618. The molecule has 3 nitrogen and oxygen atoms in total. The van der Waals surface area contributed by atoms with Crippen molar-refractivity contribution in [2.45, 2.75) is 19.8 Å². The van der Waals surface area contributed by atoms with Gasteiger partial charge in [0.1, 0.15) is 12.1 Å². The number of rotatable bonds is 4. The van der Waals surface area contributed by atoms with Gasteiger partial charge in [-0.2, -0.15) is 0 Å². The molecule has 0 bridgehead atoms. The van der Waals surface area contributed by atoms with E-state index in [9.17, 15) is 0 Å². The molecule has 1 fully saturated rings. The molecule has 0 amide bonds. The van der Waals surface area contributed by atoms with Crippen LogP contribution < -0.4 is 5.32 Å². The van der Waals surface area contributed by atoms with E-state index in [1.807, 2.05) is 0 Å². The number of alkyl halides is 1. The minimum absolute atomic E-state index is 0.311. The van der Waals surface area contributed by atoms with E-state index in [1.165, 1.54) is 18.4 Å². The van der Waals surface area contributed by atoms with Crippen molar-refractivity contribution < 1.29 is 0 Å². The zero-order valence-electron chi connectivity index (χ0n) is 9.66. The van der Waals surface area contributed by atoms with Crippen molar-refractivity contribution in [1.82, 2.24) is 9.97 Å². The maximum absolute atomic E-state index is 5.97. The second-order valence-electron chi connectivity index (χ2n) is 4.81. The van der Waals surface area contributed by atoms with Gasteiger partial charge >= 0.3 is 0 Å². The Kier molecular flexibility index (Phi) is 2.71. The third-order valence-corrected chi connectivity index (χ3v) is 5.06. The number of nitrogens with one attached hydrogen (secondary N) is 1. The highest BCUT2D eigenvalue weighted by molar-refractivity contribution is 7.18. The zero-order valence-corrected chi connectivity index (χ0v) is 11.2. The third kappa shape index (κ3) is 2.00. The molecule has 2 aromatic heterocycles. The Balaban J connectivity index is 1.85. The summed E-state index contributed by atoms with van der Waals surface area (Å²) >= 11 is 7.67. The van der Waals surface area contributed by atoms with Gasteiger partial charge in [-0.1, -0.05) is 0 Å². The molecule has 2 heterocycles. The van der Waals surface area contributed by atoms with E-state index < -0.39 is 0 Å². The Morgan fingerprint density at radius 1 is 1.47 bits per heavy atom. The zero-order chi connectivity index (χ0) is 11.9. The van der Waals surface area contributed by atoms with Crippen molar-refractivity contribution >= 4 is 39.0 Å². The van der Waals surface area contributed by atoms with E-state index in [2.05, 4.69) is 27.6 Å². The van der Waals surface area contributed by atoms with Crippen LogP contribution in [0.5, 0.6) is 0 Å². The van der Waals surface area contributed by atoms with Gasteiger partial charge in [-0.25, -0.2) is 9.97 Å². The Hall–Kier alpha value is -0.870. The molecule has 3 rings (SSSR count). The largest absolute Gasteiger partial charge is 0.368 e. The molecule has 0 radical (unpaired) electrons. The van der Waals surface area contributed by atoms with Crippen LogP contribution in [-0.2, 0) is 0 Å². The lowest BCUT2D eigenvalue weighted by atomic mass is 10.1. The maximum atomic E-state index is 5.97. The second-order valence-corrected chi connectivity index (χ2v) is 5.95. The third-order valence-electron chi connectivity index (χ3n) is 3.40. The summed E-state index contributed by atoms with van der Waals surface area (Å²) in [5, 5.41) is 5.55. The first-order valence-electron chi connectivity index (χ1n) is 5.73. The van der Waals surface area contributed by atoms with Gasteiger partial charge < -0.3 is 5.32 Å². The first-order valence-corrected chi connectivity index (χ1v) is 7.14. The van der Waals surface area contributed by atoms with Gasteiger partial charge in [0.05, 0.1) is 10.2 Å². The fourth-order valence-corrected chi connectivity index (χ4v) is 3.23. The van der Waals surface area contributed by atoms with Crippen molar-refractivity contribution in [3.8, 4) is 0 Å². The smallest absolute Gasteiger partial charge is 0.147 e. The number of aromatic nitrogens is 2. The Morgan fingerprint density at radius 2 is 2.29 bits per heavy atom. The number of thiophene rings is 1. The number of fused-ring (bicyclic) bond motifs is 1. The number of aryl methyl sites for hydroxylation is 1. The lowest BCUT2D eigenvalue weighted by Gasteiger charge is -2.13. The lowest BCUT2D eigenvalue weighted by Crippen LogP contribution is -2.17. The van der Waals surface area contributed by atoms with Crippen LogP contribution >= 0.6 is 22.9 Å². The quantitative estimate of drug-likeness (QED) is 0.863. The normalized spacial score (nSPS) is 17.3. The molecule has 0 unspecified atom stereocenters. The van der Waals surface area contributed by atoms with E-state index in [0.717, 1.165) is 28.5 Å². The van der Waals surface area contributed by atoms with Crippen molar-refractivity contribution in [3.63, 3.8) is 0 Å². The molecule has 0 atom stereocenters. The van der Waals surface area contributed by atoms with Gasteiger partial charge in [-0.15, -0.1) is 22.9 Å². The van der Waals surface area contributed by atoms with E-state index in [4.69, 9.17) is 11.6 Å². The molecule has 0 aliphatic heterocycles. The first kappa shape index (κ1) is 11.2. The van der Waals surface area contributed by atoms with E-state index in [1.54, 1.807) is 17.7 Å². The summed E-state index contributed by atoms with van der Waals surface area (Å²) in [5.41, 5.74) is 2.59. The Morgan fingerprint density at radius 3 is 3.00 bits per heavy atom. The number of anilines is 1. The predicted octanol–water partition coefficient (Wildman–Crippen LogP) is 3.43. The monoisotopic (exact) mass is 267 g/mol. The molecule has 0 saturated heterocycles. The van der Waals surface area contributed by atoms with E-state index in [-0.39, 0.29) is 0 Å². The minimum atomic E-state index is 0.311. The van der Waals surface area contributed by atoms with Crippen molar-refractivity contribution in [2.75, 3.05) is 17.7 Å². The molecule has 1 aliphatic rings. The fraction of sp³-hybridized carbons (Fsp3) is 0.500.